The van der Waals surface area contributed by atoms with Crippen LogP contribution in [0.5, 0.6) is 0 Å². The number of rotatable bonds is 3. The molecule has 124 valence electrons. The van der Waals surface area contributed by atoms with Gasteiger partial charge in [0.2, 0.25) is 0 Å². The Labute approximate surface area is 126 Å². The number of likely N-dealkylation sites (tertiary alicyclic amines) is 1. The van der Waals surface area contributed by atoms with Gasteiger partial charge in [-0.25, -0.2) is 4.99 Å². The summed E-state index contributed by atoms with van der Waals surface area (Å²) < 4.78 is 42.7. The van der Waals surface area contributed by atoms with E-state index in [0.717, 1.165) is 0 Å². The fourth-order valence-electron chi connectivity index (χ4n) is 2.69. The van der Waals surface area contributed by atoms with E-state index < -0.39 is 24.6 Å². The topological polar surface area (TPSA) is 62.1 Å². The van der Waals surface area contributed by atoms with E-state index >= 15 is 0 Å². The van der Waals surface area contributed by atoms with Crippen LogP contribution in [0.25, 0.3) is 0 Å². The number of carbonyl (C=O) groups is 1. The summed E-state index contributed by atoms with van der Waals surface area (Å²) in [6.07, 6.45) is -0.535. The van der Waals surface area contributed by atoms with Crippen molar-refractivity contribution in [2.45, 2.75) is 32.0 Å². The molecule has 1 fully saturated rings. The fourth-order valence-corrected chi connectivity index (χ4v) is 2.69. The number of nitrogens with zero attached hydrogens (tertiary/aromatic N) is 2. The zero-order chi connectivity index (χ0) is 16.3. The van der Waals surface area contributed by atoms with Gasteiger partial charge in [-0.15, -0.1) is 0 Å². The fraction of sp³-hybridized carbons (Fsp3) is 0.714. The Morgan fingerprint density at radius 2 is 2.09 bits per heavy atom. The van der Waals surface area contributed by atoms with Crippen LogP contribution in [0.15, 0.2) is 17.3 Å². The van der Waals surface area contributed by atoms with Crippen LogP contribution in [0.4, 0.5) is 13.2 Å². The molecule has 2 aliphatic rings. The first-order valence-electron chi connectivity index (χ1n) is 7.19. The van der Waals surface area contributed by atoms with Gasteiger partial charge in [-0.05, 0) is 12.8 Å². The number of ether oxygens (including phenoxy) is 1. The highest BCUT2D eigenvalue weighted by atomic mass is 19.4. The summed E-state index contributed by atoms with van der Waals surface area (Å²) in [5, 5.41) is 9.10. The number of hydrogen-bond donors (Lipinski definition) is 1. The molecule has 0 saturated carbocycles. The van der Waals surface area contributed by atoms with Crippen molar-refractivity contribution in [2.24, 2.45) is 16.8 Å². The molecule has 2 heterocycles. The number of aliphatic carboxylic acids is 1. The maximum atomic E-state index is 12.3. The van der Waals surface area contributed by atoms with Crippen molar-refractivity contribution in [1.82, 2.24) is 4.90 Å². The highest BCUT2D eigenvalue weighted by Gasteiger charge is 2.35. The molecule has 0 aromatic rings. The van der Waals surface area contributed by atoms with Gasteiger partial charge in [0.25, 0.3) is 0 Å². The van der Waals surface area contributed by atoms with Gasteiger partial charge in [0, 0.05) is 25.2 Å². The van der Waals surface area contributed by atoms with E-state index in [-0.39, 0.29) is 12.0 Å². The van der Waals surface area contributed by atoms with E-state index in [4.69, 9.17) is 9.84 Å². The normalized spacial score (nSPS) is 27.5. The third-order valence-electron chi connectivity index (χ3n) is 3.93. The average molecular weight is 320 g/mol. The second kappa shape index (κ2) is 6.68. The number of aliphatic imine (C=N–C) groups is 1. The van der Waals surface area contributed by atoms with Gasteiger partial charge >= 0.3 is 12.1 Å². The average Bonchev–Trinajstić information content (AvgIpc) is 2.41. The van der Waals surface area contributed by atoms with Gasteiger partial charge in [0.05, 0.1) is 12.5 Å². The molecule has 5 nitrogen and oxygen atoms in total. The molecule has 1 N–H and O–H groups in total. The summed E-state index contributed by atoms with van der Waals surface area (Å²) in [6.45, 7) is 1.44. The number of alkyl halides is 3. The molecule has 2 aliphatic heterocycles. The van der Waals surface area contributed by atoms with E-state index in [1.807, 2.05) is 0 Å². The number of halogens is 3. The van der Waals surface area contributed by atoms with E-state index in [1.54, 1.807) is 6.92 Å². The molecular weight excluding hydrogens is 301 g/mol. The van der Waals surface area contributed by atoms with E-state index in [2.05, 4.69) is 4.99 Å². The second-order valence-corrected chi connectivity index (χ2v) is 5.67. The van der Waals surface area contributed by atoms with Crippen molar-refractivity contribution in [2.75, 3.05) is 19.6 Å². The second-order valence-electron chi connectivity index (χ2n) is 5.67. The first-order valence-corrected chi connectivity index (χ1v) is 7.19. The Bertz CT molecular complexity index is 468. The Morgan fingerprint density at radius 3 is 2.64 bits per heavy atom. The number of hydrogen-bond acceptors (Lipinski definition) is 4. The number of piperidine rings is 1. The number of carboxylic acid groups (broad SMARTS) is 1. The van der Waals surface area contributed by atoms with Crippen molar-refractivity contribution in [1.29, 1.82) is 0 Å². The Hall–Kier alpha value is -1.57. The van der Waals surface area contributed by atoms with Crippen LogP contribution in [0.3, 0.4) is 0 Å². The maximum Gasteiger partial charge on any atom is 0.401 e. The van der Waals surface area contributed by atoms with Crippen molar-refractivity contribution < 1.29 is 27.8 Å². The largest absolute Gasteiger partial charge is 0.481 e. The molecule has 22 heavy (non-hydrogen) atoms. The van der Waals surface area contributed by atoms with Crippen molar-refractivity contribution in [3.8, 4) is 0 Å². The predicted octanol–water partition coefficient (Wildman–Crippen LogP) is 2.29. The molecule has 8 heteroatoms. The van der Waals surface area contributed by atoms with Crippen molar-refractivity contribution in [3.05, 3.63) is 12.3 Å². The van der Waals surface area contributed by atoms with Gasteiger partial charge in [0.1, 0.15) is 6.10 Å². The molecule has 2 rings (SSSR count). The summed E-state index contributed by atoms with van der Waals surface area (Å²) in [5.74, 6) is -1.66. The monoisotopic (exact) mass is 320 g/mol. The minimum atomic E-state index is -4.19. The van der Waals surface area contributed by atoms with Crippen molar-refractivity contribution >= 4 is 11.9 Å². The Balaban J connectivity index is 1.85. The first-order chi connectivity index (χ1) is 10.3. The van der Waals surface area contributed by atoms with E-state index in [9.17, 15) is 18.0 Å². The smallest absolute Gasteiger partial charge is 0.401 e. The van der Waals surface area contributed by atoms with E-state index in [0.29, 0.717) is 31.8 Å². The molecule has 2 atom stereocenters. The molecule has 0 bridgehead atoms. The molecular formula is C14H19F3N2O3. The van der Waals surface area contributed by atoms with Gasteiger partial charge in [0.15, 0.2) is 5.90 Å². The summed E-state index contributed by atoms with van der Waals surface area (Å²) in [7, 11) is 0. The maximum absolute atomic E-state index is 12.3. The SMILES string of the molecule is CC1C(OC2CCN(CC(F)(F)F)CC2)=NC=CC1C(=O)O. The zero-order valence-corrected chi connectivity index (χ0v) is 12.2. The lowest BCUT2D eigenvalue weighted by Gasteiger charge is -2.34. The molecule has 2 unspecified atom stereocenters. The first kappa shape index (κ1) is 16.8. The van der Waals surface area contributed by atoms with Gasteiger partial charge < -0.3 is 9.84 Å². The predicted molar refractivity (Wildman–Crippen MR) is 73.5 cm³/mol. The molecule has 0 radical (unpaired) electrons. The lowest BCUT2D eigenvalue weighted by molar-refractivity contribution is -0.149. The minimum Gasteiger partial charge on any atom is -0.481 e. The highest BCUT2D eigenvalue weighted by molar-refractivity contribution is 5.87. The van der Waals surface area contributed by atoms with E-state index in [1.165, 1.54) is 17.2 Å². The van der Waals surface area contributed by atoms with Crippen LogP contribution in [-0.4, -0.2) is 53.8 Å². The summed E-state index contributed by atoms with van der Waals surface area (Å²) in [6, 6.07) is 0. The quantitative estimate of drug-likeness (QED) is 0.867. The summed E-state index contributed by atoms with van der Waals surface area (Å²) >= 11 is 0. The van der Waals surface area contributed by atoms with Gasteiger partial charge in [-0.1, -0.05) is 13.0 Å². The zero-order valence-electron chi connectivity index (χ0n) is 12.2. The van der Waals surface area contributed by atoms with Crippen LogP contribution >= 0.6 is 0 Å². The lowest BCUT2D eigenvalue weighted by Crippen LogP contribution is -2.43. The van der Waals surface area contributed by atoms with Crippen LogP contribution in [0.1, 0.15) is 19.8 Å². The van der Waals surface area contributed by atoms with Crippen LogP contribution in [0.2, 0.25) is 0 Å². The third kappa shape index (κ3) is 4.46. The third-order valence-corrected chi connectivity index (χ3v) is 3.93. The summed E-state index contributed by atoms with van der Waals surface area (Å²) in [5.41, 5.74) is 0. The molecule has 0 spiro atoms. The van der Waals surface area contributed by atoms with Gasteiger partial charge in [-0.3, -0.25) is 9.69 Å². The standard InChI is InChI=1S/C14H19F3N2O3/c1-9-11(13(20)21)2-5-18-12(9)22-10-3-6-19(7-4-10)8-14(15,16)17/h2,5,9-11H,3-4,6-8H2,1H3,(H,20,21). The van der Waals surface area contributed by atoms with Gasteiger partial charge in [-0.2, -0.15) is 13.2 Å². The number of carboxylic acids is 1. The summed E-state index contributed by atoms with van der Waals surface area (Å²) in [4.78, 5) is 16.5. The molecule has 0 aromatic heterocycles. The minimum absolute atomic E-state index is 0.216. The van der Waals surface area contributed by atoms with Crippen LogP contribution in [-0.2, 0) is 9.53 Å². The Morgan fingerprint density at radius 1 is 1.45 bits per heavy atom. The molecule has 1 saturated heterocycles. The molecule has 0 aliphatic carbocycles. The lowest BCUT2D eigenvalue weighted by atomic mass is 9.92. The van der Waals surface area contributed by atoms with Crippen molar-refractivity contribution in [3.63, 3.8) is 0 Å². The highest BCUT2D eigenvalue weighted by Crippen LogP contribution is 2.25. The van der Waals surface area contributed by atoms with Crippen LogP contribution in [0, 0.1) is 11.8 Å². The Kier molecular flexibility index (Phi) is 5.10. The van der Waals surface area contributed by atoms with Crippen LogP contribution < -0.4 is 0 Å². The molecule has 0 aromatic carbocycles. The molecule has 0 amide bonds.